The van der Waals surface area contributed by atoms with Gasteiger partial charge in [0.1, 0.15) is 22.9 Å². The average molecular weight is 451 g/mol. The van der Waals surface area contributed by atoms with Gasteiger partial charge in [-0.25, -0.2) is 13.2 Å². The van der Waals surface area contributed by atoms with Crippen molar-refractivity contribution < 1.29 is 22.3 Å². The molecule has 0 saturated heterocycles. The lowest BCUT2D eigenvalue weighted by Gasteiger charge is -2.28. The molecule has 4 aromatic rings. The van der Waals surface area contributed by atoms with E-state index in [2.05, 4.69) is 12.1 Å². The standard InChI is InChI=1S/C28H25F3O2/c1-2-23-16-21-15-20(17-26(27(21)33-23)19-3-7-22(29)8-4-19)18-5-9-24(10-6-18)32-25-11-13-28(30,31)14-12-25/h3-10,15-17,25H,2,11-14H2,1H3. The number of hydrogen-bond acceptors (Lipinski definition) is 2. The minimum absolute atomic E-state index is 0.119. The predicted molar refractivity (Wildman–Crippen MR) is 124 cm³/mol. The molecule has 0 N–H and O–H groups in total. The molecular weight excluding hydrogens is 425 g/mol. The predicted octanol–water partition coefficient (Wildman–Crippen LogP) is 8.43. The van der Waals surface area contributed by atoms with Gasteiger partial charge in [0.2, 0.25) is 5.92 Å². The van der Waals surface area contributed by atoms with Crippen LogP contribution in [0.25, 0.3) is 33.2 Å². The van der Waals surface area contributed by atoms with E-state index in [-0.39, 0.29) is 24.8 Å². The van der Waals surface area contributed by atoms with Crippen LogP contribution in [0, 0.1) is 5.82 Å². The summed E-state index contributed by atoms with van der Waals surface area (Å²) in [6, 6.07) is 20.3. The van der Waals surface area contributed by atoms with Crippen LogP contribution in [-0.2, 0) is 6.42 Å². The van der Waals surface area contributed by atoms with Gasteiger partial charge in [-0.1, -0.05) is 31.2 Å². The van der Waals surface area contributed by atoms with Crippen molar-refractivity contribution in [3.8, 4) is 28.0 Å². The monoisotopic (exact) mass is 450 g/mol. The zero-order valence-electron chi connectivity index (χ0n) is 18.4. The summed E-state index contributed by atoms with van der Waals surface area (Å²) in [5.74, 6) is -1.26. The van der Waals surface area contributed by atoms with Crippen molar-refractivity contribution in [1.29, 1.82) is 0 Å². The fraction of sp³-hybridized carbons (Fsp3) is 0.286. The van der Waals surface area contributed by atoms with E-state index in [4.69, 9.17) is 9.15 Å². The Hall–Kier alpha value is -3.21. The van der Waals surface area contributed by atoms with E-state index in [0.29, 0.717) is 18.6 Å². The number of rotatable bonds is 5. The van der Waals surface area contributed by atoms with E-state index < -0.39 is 5.92 Å². The molecule has 1 heterocycles. The second kappa shape index (κ2) is 8.62. The highest BCUT2D eigenvalue weighted by atomic mass is 19.3. The molecule has 1 aromatic heterocycles. The van der Waals surface area contributed by atoms with Crippen molar-refractivity contribution in [2.75, 3.05) is 0 Å². The molecule has 0 spiro atoms. The van der Waals surface area contributed by atoms with Crippen LogP contribution in [-0.4, -0.2) is 12.0 Å². The third-order valence-corrected chi connectivity index (χ3v) is 6.33. The van der Waals surface area contributed by atoms with Crippen LogP contribution in [0.15, 0.2) is 71.1 Å². The maximum Gasteiger partial charge on any atom is 0.248 e. The number of alkyl halides is 2. The smallest absolute Gasteiger partial charge is 0.248 e. The minimum Gasteiger partial charge on any atom is -0.490 e. The molecule has 0 unspecified atom stereocenters. The first-order valence-electron chi connectivity index (χ1n) is 11.4. The van der Waals surface area contributed by atoms with Gasteiger partial charge in [0.15, 0.2) is 0 Å². The van der Waals surface area contributed by atoms with E-state index in [1.807, 2.05) is 37.3 Å². The first kappa shape index (κ1) is 21.6. The SMILES string of the molecule is CCc1cc2cc(-c3ccc(OC4CCC(F)(F)CC4)cc3)cc(-c3ccc(F)cc3)c2o1. The lowest BCUT2D eigenvalue weighted by atomic mass is 9.94. The van der Waals surface area contributed by atoms with Crippen LogP contribution in [0.2, 0.25) is 0 Å². The van der Waals surface area contributed by atoms with Crippen molar-refractivity contribution in [3.05, 3.63) is 78.3 Å². The molecule has 1 aliphatic rings. The largest absolute Gasteiger partial charge is 0.490 e. The summed E-state index contributed by atoms with van der Waals surface area (Å²) in [7, 11) is 0. The first-order chi connectivity index (χ1) is 15.9. The van der Waals surface area contributed by atoms with Crippen LogP contribution in [0.4, 0.5) is 13.2 Å². The van der Waals surface area contributed by atoms with Crippen LogP contribution in [0.5, 0.6) is 5.75 Å². The Labute approximate surface area is 191 Å². The molecule has 1 fully saturated rings. The van der Waals surface area contributed by atoms with Crippen LogP contribution < -0.4 is 4.74 Å². The molecule has 0 atom stereocenters. The van der Waals surface area contributed by atoms with Crippen molar-refractivity contribution in [2.24, 2.45) is 0 Å². The number of ether oxygens (including phenoxy) is 1. The van der Waals surface area contributed by atoms with Crippen molar-refractivity contribution in [3.63, 3.8) is 0 Å². The van der Waals surface area contributed by atoms with E-state index in [1.165, 1.54) is 12.1 Å². The Morgan fingerprint density at radius 1 is 0.879 bits per heavy atom. The van der Waals surface area contributed by atoms with Gasteiger partial charge in [0.25, 0.3) is 0 Å². The van der Waals surface area contributed by atoms with E-state index in [0.717, 1.165) is 45.4 Å². The maximum absolute atomic E-state index is 13.5. The van der Waals surface area contributed by atoms with Gasteiger partial charge in [-0.2, -0.15) is 0 Å². The molecule has 0 bridgehead atoms. The number of aryl methyl sites for hydroxylation is 1. The summed E-state index contributed by atoms with van der Waals surface area (Å²) in [4.78, 5) is 0. The molecule has 170 valence electrons. The van der Waals surface area contributed by atoms with Crippen molar-refractivity contribution in [1.82, 2.24) is 0 Å². The second-order valence-corrected chi connectivity index (χ2v) is 8.71. The summed E-state index contributed by atoms with van der Waals surface area (Å²) >= 11 is 0. The summed E-state index contributed by atoms with van der Waals surface area (Å²) in [5, 5.41) is 0.993. The molecule has 5 rings (SSSR count). The van der Waals surface area contributed by atoms with Gasteiger partial charge in [-0.05, 0) is 72.0 Å². The van der Waals surface area contributed by atoms with Gasteiger partial charge < -0.3 is 9.15 Å². The second-order valence-electron chi connectivity index (χ2n) is 8.71. The first-order valence-corrected chi connectivity index (χ1v) is 11.4. The van der Waals surface area contributed by atoms with E-state index in [1.54, 1.807) is 12.1 Å². The normalized spacial score (nSPS) is 16.2. The van der Waals surface area contributed by atoms with Gasteiger partial charge in [0.05, 0.1) is 6.10 Å². The Morgan fingerprint density at radius 2 is 1.55 bits per heavy atom. The molecule has 1 aliphatic carbocycles. The highest BCUT2D eigenvalue weighted by Crippen LogP contribution is 2.38. The summed E-state index contributed by atoms with van der Waals surface area (Å²) in [6.07, 6.45) is 1.11. The summed E-state index contributed by atoms with van der Waals surface area (Å²) < 4.78 is 52.3. The third kappa shape index (κ3) is 4.63. The van der Waals surface area contributed by atoms with Crippen molar-refractivity contribution in [2.45, 2.75) is 51.1 Å². The fourth-order valence-corrected chi connectivity index (χ4v) is 4.44. The number of halogens is 3. The lowest BCUT2D eigenvalue weighted by Crippen LogP contribution is -2.30. The highest BCUT2D eigenvalue weighted by Gasteiger charge is 2.35. The van der Waals surface area contributed by atoms with Gasteiger partial charge in [-0.3, -0.25) is 0 Å². The Balaban J connectivity index is 1.45. The lowest BCUT2D eigenvalue weighted by molar-refractivity contribution is -0.0582. The Kier molecular flexibility index (Phi) is 5.65. The molecule has 0 aliphatic heterocycles. The Bertz CT molecular complexity index is 1250. The van der Waals surface area contributed by atoms with Crippen LogP contribution in [0.3, 0.4) is 0 Å². The quantitative estimate of drug-likeness (QED) is 0.304. The number of furan rings is 1. The van der Waals surface area contributed by atoms with Crippen LogP contribution >= 0.6 is 0 Å². The highest BCUT2D eigenvalue weighted by molar-refractivity contribution is 5.97. The minimum atomic E-state index is -2.56. The van der Waals surface area contributed by atoms with Crippen molar-refractivity contribution >= 4 is 11.0 Å². The van der Waals surface area contributed by atoms with Gasteiger partial charge >= 0.3 is 0 Å². The zero-order chi connectivity index (χ0) is 23.0. The fourth-order valence-electron chi connectivity index (χ4n) is 4.44. The van der Waals surface area contributed by atoms with E-state index >= 15 is 0 Å². The molecule has 0 amide bonds. The zero-order valence-corrected chi connectivity index (χ0v) is 18.4. The number of fused-ring (bicyclic) bond motifs is 1. The number of benzene rings is 3. The molecule has 3 aromatic carbocycles. The topological polar surface area (TPSA) is 22.4 Å². The average Bonchev–Trinajstić information content (AvgIpc) is 3.24. The molecular formula is C28H25F3O2. The molecule has 33 heavy (non-hydrogen) atoms. The molecule has 0 radical (unpaired) electrons. The van der Waals surface area contributed by atoms with E-state index in [9.17, 15) is 13.2 Å². The molecule has 1 saturated carbocycles. The molecule has 2 nitrogen and oxygen atoms in total. The van der Waals surface area contributed by atoms with Gasteiger partial charge in [0, 0.05) is 30.2 Å². The summed E-state index contributed by atoms with van der Waals surface area (Å²) in [5.41, 5.74) is 4.59. The Morgan fingerprint density at radius 3 is 2.21 bits per heavy atom. The van der Waals surface area contributed by atoms with Crippen LogP contribution in [0.1, 0.15) is 38.4 Å². The maximum atomic E-state index is 13.5. The molecule has 5 heteroatoms. The summed E-state index contributed by atoms with van der Waals surface area (Å²) in [6.45, 7) is 2.04. The van der Waals surface area contributed by atoms with Gasteiger partial charge in [-0.15, -0.1) is 0 Å². The number of hydrogen-bond donors (Lipinski definition) is 0. The third-order valence-electron chi connectivity index (χ3n) is 6.33.